The first-order valence-electron chi connectivity index (χ1n) is 12.4. The molecule has 0 atom stereocenters. The summed E-state index contributed by atoms with van der Waals surface area (Å²) in [6, 6.07) is 20.8. The van der Waals surface area contributed by atoms with Gasteiger partial charge in [0.05, 0.1) is 34.6 Å². The molecule has 2 aromatic heterocycles. The molecule has 0 amide bonds. The lowest BCUT2D eigenvalue weighted by atomic mass is 9.93. The fraction of sp³-hybridized carbons (Fsp3) is 0.333. The Morgan fingerprint density at radius 3 is 2.37 bits per heavy atom. The first kappa shape index (κ1) is 23.3. The van der Waals surface area contributed by atoms with Gasteiger partial charge < -0.3 is 14.6 Å². The van der Waals surface area contributed by atoms with E-state index >= 15 is 0 Å². The molecule has 1 N–H and O–H groups in total. The molecule has 0 spiro atoms. The zero-order chi connectivity index (χ0) is 24.4. The van der Waals surface area contributed by atoms with Gasteiger partial charge in [-0.05, 0) is 75.0 Å². The maximum absolute atomic E-state index is 9.29. The van der Waals surface area contributed by atoms with Gasteiger partial charge in [-0.3, -0.25) is 4.98 Å². The second-order valence-corrected chi connectivity index (χ2v) is 9.92. The predicted octanol–water partition coefficient (Wildman–Crippen LogP) is 6.12. The minimum atomic E-state index is -0.349. The van der Waals surface area contributed by atoms with Crippen molar-refractivity contribution in [2.24, 2.45) is 5.92 Å². The minimum absolute atomic E-state index is 0.349. The number of rotatable bonds is 6. The van der Waals surface area contributed by atoms with Crippen molar-refractivity contribution < 1.29 is 4.74 Å². The van der Waals surface area contributed by atoms with Gasteiger partial charge in [-0.25, -0.2) is 0 Å². The number of hydrogen-bond acceptors (Lipinski definition) is 4. The fourth-order valence-electron chi connectivity index (χ4n) is 5.03. The first-order chi connectivity index (χ1) is 17.0. The van der Waals surface area contributed by atoms with Crippen LogP contribution in [0.1, 0.15) is 37.8 Å². The highest BCUT2D eigenvalue weighted by molar-refractivity contribution is 6.01. The number of benzene rings is 2. The van der Waals surface area contributed by atoms with Crippen LogP contribution in [0.5, 0.6) is 0 Å². The third kappa shape index (κ3) is 4.60. The number of aromatic nitrogens is 2. The van der Waals surface area contributed by atoms with Crippen LogP contribution < -0.4 is 5.32 Å². The van der Waals surface area contributed by atoms with E-state index in [4.69, 9.17) is 9.72 Å². The molecule has 35 heavy (non-hydrogen) atoms. The van der Waals surface area contributed by atoms with Crippen molar-refractivity contribution in [2.45, 2.75) is 38.8 Å². The highest BCUT2D eigenvalue weighted by Crippen LogP contribution is 2.38. The molecular formula is C30H32N4O. The number of ether oxygens (including phenoxy) is 1. The Bertz CT molecular complexity index is 1350. The summed E-state index contributed by atoms with van der Waals surface area (Å²) in [6.45, 7) is 7.34. The third-order valence-corrected chi connectivity index (χ3v) is 7.41. The van der Waals surface area contributed by atoms with Crippen molar-refractivity contribution >= 4 is 10.9 Å². The number of nitrogens with one attached hydrogen (secondary N) is 1. The quantitative estimate of drug-likeness (QED) is 0.373. The molecule has 2 aromatic carbocycles. The molecule has 5 rings (SSSR count). The lowest BCUT2D eigenvalue weighted by Gasteiger charge is -2.24. The molecule has 1 aliphatic rings. The van der Waals surface area contributed by atoms with Crippen LogP contribution in [0.15, 0.2) is 67.0 Å². The van der Waals surface area contributed by atoms with Crippen LogP contribution in [0.4, 0.5) is 0 Å². The molecule has 178 valence electrons. The molecule has 0 bridgehead atoms. The van der Waals surface area contributed by atoms with E-state index in [0.717, 1.165) is 53.1 Å². The van der Waals surface area contributed by atoms with Crippen molar-refractivity contribution in [3.05, 3.63) is 78.1 Å². The summed E-state index contributed by atoms with van der Waals surface area (Å²) in [6.07, 6.45) is 6.64. The van der Waals surface area contributed by atoms with Crippen molar-refractivity contribution in [3.63, 3.8) is 0 Å². The monoisotopic (exact) mass is 464 g/mol. The Kier molecular flexibility index (Phi) is 6.42. The number of methoxy groups -OCH3 is 1. The lowest BCUT2D eigenvalue weighted by molar-refractivity contribution is 0.0192. The van der Waals surface area contributed by atoms with Gasteiger partial charge in [-0.1, -0.05) is 36.4 Å². The molecule has 0 unspecified atom stereocenters. The minimum Gasteiger partial charge on any atom is -0.374 e. The third-order valence-electron chi connectivity index (χ3n) is 7.41. The Balaban J connectivity index is 1.62. The number of nitrogens with zero attached hydrogens (tertiary/aromatic N) is 3. The first-order valence-corrected chi connectivity index (χ1v) is 12.4. The van der Waals surface area contributed by atoms with E-state index in [1.165, 1.54) is 18.2 Å². The Labute approximate surface area is 207 Å². The second-order valence-electron chi connectivity index (χ2n) is 9.92. The Morgan fingerprint density at radius 2 is 1.71 bits per heavy atom. The van der Waals surface area contributed by atoms with E-state index in [2.05, 4.69) is 66.3 Å². The average Bonchev–Trinajstić information content (AvgIpc) is 3.31. The second kappa shape index (κ2) is 9.65. The summed E-state index contributed by atoms with van der Waals surface area (Å²) < 4.78 is 8.02. The molecular weight excluding hydrogens is 432 g/mol. The standard InChI is InChI=1S/C30H32N4O/c1-30(2,35-3)25-10-8-24(9-11-25)29-28(23-6-4-21(18-31)5-7-23)26-14-17-34(27(26)19-33-29)20-22-12-15-32-16-13-22/h4-11,14,17,19,22,32H,12-13,15-16,20H2,1-3H3. The Hall–Kier alpha value is -3.46. The summed E-state index contributed by atoms with van der Waals surface area (Å²) >= 11 is 0. The van der Waals surface area contributed by atoms with Gasteiger partial charge in [-0.2, -0.15) is 5.26 Å². The van der Waals surface area contributed by atoms with Gasteiger partial charge in [-0.15, -0.1) is 0 Å². The molecule has 0 aliphatic carbocycles. The number of piperidine rings is 1. The van der Waals surface area contributed by atoms with Crippen molar-refractivity contribution in [3.8, 4) is 28.5 Å². The zero-order valence-corrected chi connectivity index (χ0v) is 20.7. The number of hydrogen-bond donors (Lipinski definition) is 1. The molecule has 5 nitrogen and oxygen atoms in total. The molecule has 3 heterocycles. The number of fused-ring (bicyclic) bond motifs is 1. The van der Waals surface area contributed by atoms with E-state index in [9.17, 15) is 5.26 Å². The Morgan fingerprint density at radius 1 is 1.03 bits per heavy atom. The summed E-state index contributed by atoms with van der Waals surface area (Å²) in [4.78, 5) is 5.00. The van der Waals surface area contributed by atoms with E-state index in [0.29, 0.717) is 11.5 Å². The molecule has 4 aromatic rings. The van der Waals surface area contributed by atoms with E-state index in [1.807, 2.05) is 30.5 Å². The van der Waals surface area contributed by atoms with Gasteiger partial charge in [0.25, 0.3) is 0 Å². The van der Waals surface area contributed by atoms with Crippen molar-refractivity contribution in [1.29, 1.82) is 5.26 Å². The molecule has 1 saturated heterocycles. The van der Waals surface area contributed by atoms with Crippen molar-refractivity contribution in [1.82, 2.24) is 14.9 Å². The van der Waals surface area contributed by atoms with Crippen molar-refractivity contribution in [2.75, 3.05) is 20.2 Å². The molecule has 1 aliphatic heterocycles. The van der Waals surface area contributed by atoms with Gasteiger partial charge >= 0.3 is 0 Å². The van der Waals surface area contributed by atoms with Crippen LogP contribution in [-0.4, -0.2) is 29.8 Å². The maximum Gasteiger partial charge on any atom is 0.0991 e. The normalized spacial score (nSPS) is 14.8. The summed E-state index contributed by atoms with van der Waals surface area (Å²) in [5.74, 6) is 0.682. The summed E-state index contributed by atoms with van der Waals surface area (Å²) in [5.41, 5.74) is 6.77. The van der Waals surface area contributed by atoms with Gasteiger partial charge in [0, 0.05) is 36.4 Å². The maximum atomic E-state index is 9.29. The van der Waals surface area contributed by atoms with Crippen LogP contribution >= 0.6 is 0 Å². The number of nitriles is 1. The van der Waals surface area contributed by atoms with Gasteiger partial charge in [0.15, 0.2) is 0 Å². The highest BCUT2D eigenvalue weighted by atomic mass is 16.5. The molecule has 1 fully saturated rings. The van der Waals surface area contributed by atoms with Gasteiger partial charge in [0.1, 0.15) is 0 Å². The van der Waals surface area contributed by atoms with E-state index in [1.54, 1.807) is 7.11 Å². The SMILES string of the molecule is COC(C)(C)c1ccc(-c2ncc3c(ccn3CC3CCNCC3)c2-c2ccc(C#N)cc2)cc1. The molecule has 0 radical (unpaired) electrons. The van der Waals surface area contributed by atoms with E-state index in [-0.39, 0.29) is 5.60 Å². The number of pyridine rings is 1. The lowest BCUT2D eigenvalue weighted by Crippen LogP contribution is -2.29. The predicted molar refractivity (Wildman–Crippen MR) is 141 cm³/mol. The smallest absolute Gasteiger partial charge is 0.0991 e. The van der Waals surface area contributed by atoms with Crippen LogP contribution in [0.2, 0.25) is 0 Å². The van der Waals surface area contributed by atoms with E-state index < -0.39 is 0 Å². The average molecular weight is 465 g/mol. The molecule has 0 saturated carbocycles. The van der Waals surface area contributed by atoms with Crippen LogP contribution in [0, 0.1) is 17.2 Å². The van der Waals surface area contributed by atoms with Crippen LogP contribution in [0.25, 0.3) is 33.3 Å². The fourth-order valence-corrected chi connectivity index (χ4v) is 5.03. The summed E-state index contributed by atoms with van der Waals surface area (Å²) in [7, 11) is 1.74. The largest absolute Gasteiger partial charge is 0.374 e. The zero-order valence-electron chi connectivity index (χ0n) is 20.7. The topological polar surface area (TPSA) is 62.9 Å². The molecule has 5 heteroatoms. The highest BCUT2D eigenvalue weighted by Gasteiger charge is 2.21. The van der Waals surface area contributed by atoms with Crippen LogP contribution in [-0.2, 0) is 16.9 Å². The van der Waals surface area contributed by atoms with Gasteiger partial charge in [0.2, 0.25) is 0 Å². The van der Waals surface area contributed by atoms with Crippen LogP contribution in [0.3, 0.4) is 0 Å². The summed E-state index contributed by atoms with van der Waals surface area (Å²) in [5, 5.41) is 13.9.